The van der Waals surface area contributed by atoms with E-state index in [1.54, 1.807) is 0 Å². The molecule has 36 heavy (non-hydrogen) atoms. The molecule has 3 heteroatoms. The largest absolute Gasteiger partial charge is 0.494 e. The second-order valence-corrected chi connectivity index (χ2v) is 11.4. The standard InChI is InChI=1S/C33H56O3/c1-4-10-16-22-30(23-17-11-5-1)34-28-33(36-32-26-20-14-8-3-9-15-21-27-32)29-35-31-24-18-12-6-2-7-13-19-25-31/h22,24,26,33H,1-21,23,25,27-29H2/b30-22+,31-24?,32-26+. The van der Waals surface area contributed by atoms with Crippen molar-refractivity contribution in [3.8, 4) is 0 Å². The maximum Gasteiger partial charge on any atom is 0.166 e. The summed E-state index contributed by atoms with van der Waals surface area (Å²) in [5.41, 5.74) is 0. The van der Waals surface area contributed by atoms with Gasteiger partial charge in [0.2, 0.25) is 0 Å². The molecule has 0 heterocycles. The molecule has 0 aliphatic heterocycles. The van der Waals surface area contributed by atoms with Crippen LogP contribution in [0.4, 0.5) is 0 Å². The van der Waals surface area contributed by atoms with Crippen molar-refractivity contribution in [2.45, 2.75) is 160 Å². The van der Waals surface area contributed by atoms with Crippen molar-refractivity contribution in [3.05, 3.63) is 35.5 Å². The van der Waals surface area contributed by atoms with Crippen LogP contribution < -0.4 is 0 Å². The zero-order valence-electron chi connectivity index (χ0n) is 23.4. The van der Waals surface area contributed by atoms with Gasteiger partial charge in [-0.2, -0.15) is 0 Å². The molecule has 0 saturated carbocycles. The van der Waals surface area contributed by atoms with Crippen LogP contribution >= 0.6 is 0 Å². The van der Waals surface area contributed by atoms with Gasteiger partial charge in [0.15, 0.2) is 6.10 Å². The van der Waals surface area contributed by atoms with Crippen LogP contribution in [0.1, 0.15) is 154 Å². The van der Waals surface area contributed by atoms with Crippen molar-refractivity contribution >= 4 is 0 Å². The Hall–Kier alpha value is -1.38. The lowest BCUT2D eigenvalue weighted by Crippen LogP contribution is -2.26. The van der Waals surface area contributed by atoms with Crippen molar-refractivity contribution in [2.75, 3.05) is 13.2 Å². The van der Waals surface area contributed by atoms with Gasteiger partial charge in [-0.25, -0.2) is 0 Å². The first-order valence-electron chi connectivity index (χ1n) is 15.9. The van der Waals surface area contributed by atoms with Crippen molar-refractivity contribution < 1.29 is 14.2 Å². The van der Waals surface area contributed by atoms with Gasteiger partial charge >= 0.3 is 0 Å². The Bertz CT molecular complexity index is 609. The smallest absolute Gasteiger partial charge is 0.166 e. The Morgan fingerprint density at radius 1 is 0.417 bits per heavy atom. The number of rotatable bonds is 8. The quantitative estimate of drug-likeness (QED) is 0.332. The van der Waals surface area contributed by atoms with E-state index in [1.807, 2.05) is 0 Å². The molecule has 0 spiro atoms. The van der Waals surface area contributed by atoms with Crippen molar-refractivity contribution in [1.29, 1.82) is 0 Å². The number of allylic oxidation sites excluding steroid dienone is 6. The predicted molar refractivity (Wildman–Crippen MR) is 152 cm³/mol. The van der Waals surface area contributed by atoms with Gasteiger partial charge in [-0.05, 0) is 76.0 Å². The molecule has 3 rings (SSSR count). The first-order chi connectivity index (χ1) is 17.9. The Labute approximate surface area is 223 Å². The van der Waals surface area contributed by atoms with Crippen LogP contribution in [0, 0.1) is 0 Å². The molecule has 206 valence electrons. The highest BCUT2D eigenvalue weighted by Gasteiger charge is 2.17. The maximum atomic E-state index is 6.66. The van der Waals surface area contributed by atoms with Gasteiger partial charge in [0, 0.05) is 19.3 Å². The summed E-state index contributed by atoms with van der Waals surface area (Å²) in [6.07, 6.45) is 37.5. The molecule has 3 nitrogen and oxygen atoms in total. The van der Waals surface area contributed by atoms with Crippen LogP contribution in [0.2, 0.25) is 0 Å². The van der Waals surface area contributed by atoms with E-state index in [2.05, 4.69) is 18.2 Å². The minimum atomic E-state index is -0.0493. The highest BCUT2D eigenvalue weighted by Crippen LogP contribution is 2.23. The van der Waals surface area contributed by atoms with E-state index in [4.69, 9.17) is 14.2 Å². The highest BCUT2D eigenvalue weighted by atomic mass is 16.6. The molecule has 0 N–H and O–H groups in total. The van der Waals surface area contributed by atoms with Crippen LogP contribution in [0.5, 0.6) is 0 Å². The lowest BCUT2D eigenvalue weighted by atomic mass is 10.0. The SMILES string of the molecule is C1=C(OCC(CO/C2=C/CCCCCCCC2)O/C2=C/CCCCCCCC2)CCCCCCCC1. The highest BCUT2D eigenvalue weighted by molar-refractivity contribution is 4.98. The zero-order chi connectivity index (χ0) is 24.9. The van der Waals surface area contributed by atoms with Gasteiger partial charge in [0.05, 0.1) is 17.3 Å². The third kappa shape index (κ3) is 13.8. The van der Waals surface area contributed by atoms with Crippen LogP contribution in [0.3, 0.4) is 0 Å². The molecular formula is C33H56O3. The number of ether oxygens (including phenoxy) is 3. The first-order valence-corrected chi connectivity index (χ1v) is 15.9. The van der Waals surface area contributed by atoms with Crippen LogP contribution in [0.15, 0.2) is 35.5 Å². The molecule has 0 aromatic carbocycles. The minimum absolute atomic E-state index is 0.0493. The molecule has 0 saturated heterocycles. The Kier molecular flexibility index (Phi) is 16.0. The normalized spacial score (nSPS) is 26.1. The Morgan fingerprint density at radius 2 is 0.750 bits per heavy atom. The third-order valence-corrected chi connectivity index (χ3v) is 7.98. The first kappa shape index (κ1) is 29.2. The zero-order valence-corrected chi connectivity index (χ0v) is 23.4. The molecule has 0 fully saturated rings. The van der Waals surface area contributed by atoms with E-state index in [0.717, 1.165) is 38.5 Å². The van der Waals surface area contributed by atoms with E-state index in [0.29, 0.717) is 13.2 Å². The molecule has 1 atom stereocenters. The topological polar surface area (TPSA) is 27.7 Å². The summed E-state index contributed by atoms with van der Waals surface area (Å²) in [5.74, 6) is 3.54. The number of hydrogen-bond donors (Lipinski definition) is 0. The third-order valence-electron chi connectivity index (χ3n) is 7.98. The summed E-state index contributed by atoms with van der Waals surface area (Å²) >= 11 is 0. The molecule has 3 aliphatic rings. The summed E-state index contributed by atoms with van der Waals surface area (Å²) < 4.78 is 19.6. The van der Waals surface area contributed by atoms with Crippen LogP contribution in [0.25, 0.3) is 0 Å². The Morgan fingerprint density at radius 3 is 1.19 bits per heavy atom. The molecule has 0 amide bonds. The maximum absolute atomic E-state index is 6.66. The van der Waals surface area contributed by atoms with Gasteiger partial charge in [0.25, 0.3) is 0 Å². The fourth-order valence-corrected chi connectivity index (χ4v) is 5.65. The lowest BCUT2D eigenvalue weighted by molar-refractivity contribution is -0.0103. The molecule has 0 bridgehead atoms. The van der Waals surface area contributed by atoms with Crippen molar-refractivity contribution in [3.63, 3.8) is 0 Å². The summed E-state index contributed by atoms with van der Waals surface area (Å²) in [6, 6.07) is 0. The van der Waals surface area contributed by atoms with E-state index in [-0.39, 0.29) is 6.10 Å². The number of hydrogen-bond acceptors (Lipinski definition) is 3. The van der Waals surface area contributed by atoms with Crippen molar-refractivity contribution in [1.82, 2.24) is 0 Å². The predicted octanol–water partition coefficient (Wildman–Crippen LogP) is 10.5. The van der Waals surface area contributed by atoms with Gasteiger partial charge < -0.3 is 14.2 Å². The minimum Gasteiger partial charge on any atom is -0.494 e. The lowest BCUT2D eigenvalue weighted by Gasteiger charge is -2.24. The monoisotopic (exact) mass is 500 g/mol. The summed E-state index contributed by atoms with van der Waals surface area (Å²) in [5, 5.41) is 0. The van der Waals surface area contributed by atoms with Gasteiger partial charge in [0.1, 0.15) is 13.2 Å². The van der Waals surface area contributed by atoms with Crippen molar-refractivity contribution in [2.24, 2.45) is 0 Å². The van der Waals surface area contributed by atoms with Gasteiger partial charge in [-0.15, -0.1) is 0 Å². The summed E-state index contributed by atoms with van der Waals surface area (Å²) in [6.45, 7) is 1.19. The fourth-order valence-electron chi connectivity index (χ4n) is 5.65. The molecule has 0 aromatic rings. The van der Waals surface area contributed by atoms with Crippen LogP contribution in [-0.2, 0) is 14.2 Å². The molecule has 0 aromatic heterocycles. The summed E-state index contributed by atoms with van der Waals surface area (Å²) in [4.78, 5) is 0. The Balaban J connectivity index is 1.60. The average molecular weight is 501 g/mol. The molecule has 0 radical (unpaired) electrons. The fraction of sp³-hybridized carbons (Fsp3) is 0.818. The van der Waals surface area contributed by atoms with Gasteiger partial charge in [-0.1, -0.05) is 77.0 Å². The van der Waals surface area contributed by atoms with Gasteiger partial charge in [-0.3, -0.25) is 0 Å². The summed E-state index contributed by atoms with van der Waals surface area (Å²) in [7, 11) is 0. The van der Waals surface area contributed by atoms with E-state index < -0.39 is 0 Å². The van der Waals surface area contributed by atoms with E-state index in [1.165, 1.54) is 133 Å². The second kappa shape index (κ2) is 19.7. The second-order valence-electron chi connectivity index (χ2n) is 11.4. The van der Waals surface area contributed by atoms with Crippen LogP contribution in [-0.4, -0.2) is 19.3 Å². The molecule has 1 unspecified atom stereocenters. The molecule has 3 aliphatic carbocycles. The molecular weight excluding hydrogens is 444 g/mol. The average Bonchev–Trinajstić information content (AvgIpc) is 2.91. The van der Waals surface area contributed by atoms with E-state index in [9.17, 15) is 0 Å². The van der Waals surface area contributed by atoms with E-state index >= 15 is 0 Å².